The first-order valence-corrected chi connectivity index (χ1v) is 6.43. The Morgan fingerprint density at radius 2 is 2.13 bits per heavy atom. The SMILES string of the molecule is COCCCC(N)c1cc(Br)ccc1Br. The number of rotatable bonds is 5. The molecule has 0 fully saturated rings. The minimum absolute atomic E-state index is 0.0621. The first kappa shape index (κ1) is 13.2. The van der Waals surface area contributed by atoms with Crippen molar-refractivity contribution in [2.75, 3.05) is 13.7 Å². The summed E-state index contributed by atoms with van der Waals surface area (Å²) in [4.78, 5) is 0. The van der Waals surface area contributed by atoms with Crippen molar-refractivity contribution in [1.82, 2.24) is 0 Å². The average molecular weight is 337 g/mol. The van der Waals surface area contributed by atoms with Crippen LogP contribution >= 0.6 is 31.9 Å². The molecule has 0 heterocycles. The van der Waals surface area contributed by atoms with Crippen LogP contribution in [0.3, 0.4) is 0 Å². The summed E-state index contributed by atoms with van der Waals surface area (Å²) in [5.74, 6) is 0. The number of methoxy groups -OCH3 is 1. The fraction of sp³-hybridized carbons (Fsp3) is 0.455. The summed E-state index contributed by atoms with van der Waals surface area (Å²) in [6, 6.07) is 6.12. The first-order valence-electron chi connectivity index (χ1n) is 4.84. The Hall–Kier alpha value is 0.1000. The van der Waals surface area contributed by atoms with Crippen molar-refractivity contribution in [3.8, 4) is 0 Å². The van der Waals surface area contributed by atoms with E-state index >= 15 is 0 Å². The third kappa shape index (κ3) is 4.23. The summed E-state index contributed by atoms with van der Waals surface area (Å²) in [5.41, 5.74) is 7.24. The lowest BCUT2D eigenvalue weighted by Gasteiger charge is -2.14. The molecule has 84 valence electrons. The van der Waals surface area contributed by atoms with Crippen molar-refractivity contribution in [1.29, 1.82) is 0 Å². The maximum Gasteiger partial charge on any atom is 0.0462 e. The highest BCUT2D eigenvalue weighted by atomic mass is 79.9. The molecule has 1 aromatic rings. The van der Waals surface area contributed by atoms with Gasteiger partial charge >= 0.3 is 0 Å². The largest absolute Gasteiger partial charge is 0.385 e. The zero-order valence-corrected chi connectivity index (χ0v) is 11.8. The number of halogens is 2. The van der Waals surface area contributed by atoms with E-state index in [1.807, 2.05) is 12.1 Å². The minimum atomic E-state index is 0.0621. The van der Waals surface area contributed by atoms with Gasteiger partial charge in [0.2, 0.25) is 0 Å². The normalized spacial score (nSPS) is 12.8. The van der Waals surface area contributed by atoms with Crippen molar-refractivity contribution in [3.05, 3.63) is 32.7 Å². The monoisotopic (exact) mass is 335 g/mol. The van der Waals surface area contributed by atoms with Crippen LogP contribution in [0.25, 0.3) is 0 Å². The highest BCUT2D eigenvalue weighted by Gasteiger charge is 2.09. The molecule has 1 aromatic carbocycles. The van der Waals surface area contributed by atoms with Gasteiger partial charge in [-0.1, -0.05) is 31.9 Å². The fourth-order valence-corrected chi connectivity index (χ4v) is 2.32. The van der Waals surface area contributed by atoms with Gasteiger partial charge in [0.1, 0.15) is 0 Å². The predicted molar refractivity (Wildman–Crippen MR) is 69.9 cm³/mol. The summed E-state index contributed by atoms with van der Waals surface area (Å²) in [5, 5.41) is 0. The molecule has 0 aliphatic carbocycles. The van der Waals surface area contributed by atoms with Crippen LogP contribution in [0.1, 0.15) is 24.4 Å². The van der Waals surface area contributed by atoms with Gasteiger partial charge in [-0.15, -0.1) is 0 Å². The predicted octanol–water partition coefficient (Wildman–Crippen LogP) is 3.64. The molecule has 0 aromatic heterocycles. The van der Waals surface area contributed by atoms with Crippen LogP contribution in [0.5, 0.6) is 0 Å². The lowest BCUT2D eigenvalue weighted by atomic mass is 10.0. The third-order valence-corrected chi connectivity index (χ3v) is 3.44. The number of ether oxygens (including phenoxy) is 1. The van der Waals surface area contributed by atoms with Crippen molar-refractivity contribution in [2.45, 2.75) is 18.9 Å². The quantitative estimate of drug-likeness (QED) is 0.833. The van der Waals surface area contributed by atoms with Gasteiger partial charge in [-0.2, -0.15) is 0 Å². The summed E-state index contributed by atoms with van der Waals surface area (Å²) < 4.78 is 7.13. The van der Waals surface area contributed by atoms with E-state index in [0.29, 0.717) is 0 Å². The molecular formula is C11H15Br2NO. The van der Waals surface area contributed by atoms with Crippen LogP contribution < -0.4 is 5.73 Å². The molecule has 2 nitrogen and oxygen atoms in total. The lowest BCUT2D eigenvalue weighted by Crippen LogP contribution is -2.11. The molecule has 0 bridgehead atoms. The standard InChI is InChI=1S/C11H15Br2NO/c1-15-6-2-3-11(14)9-7-8(12)4-5-10(9)13/h4-5,7,11H,2-3,6,14H2,1H3. The summed E-state index contributed by atoms with van der Waals surface area (Å²) in [7, 11) is 1.71. The molecule has 1 atom stereocenters. The molecule has 4 heteroatoms. The van der Waals surface area contributed by atoms with E-state index in [-0.39, 0.29) is 6.04 Å². The number of hydrogen-bond donors (Lipinski definition) is 1. The van der Waals surface area contributed by atoms with E-state index in [2.05, 4.69) is 37.9 Å². The van der Waals surface area contributed by atoms with Crippen LogP contribution in [0, 0.1) is 0 Å². The van der Waals surface area contributed by atoms with E-state index in [1.54, 1.807) is 7.11 Å². The molecule has 1 rings (SSSR count). The Bertz CT molecular complexity index is 317. The zero-order chi connectivity index (χ0) is 11.3. The second kappa shape index (κ2) is 6.63. The molecule has 0 saturated heterocycles. The van der Waals surface area contributed by atoms with E-state index < -0.39 is 0 Å². The highest BCUT2D eigenvalue weighted by molar-refractivity contribution is 9.11. The Labute approximate surface area is 107 Å². The van der Waals surface area contributed by atoms with Gasteiger partial charge in [0.05, 0.1) is 0 Å². The fourth-order valence-electron chi connectivity index (χ4n) is 1.40. The van der Waals surface area contributed by atoms with Gasteiger partial charge in [0.25, 0.3) is 0 Å². The van der Waals surface area contributed by atoms with E-state index in [0.717, 1.165) is 34.0 Å². The summed E-state index contributed by atoms with van der Waals surface area (Å²) >= 11 is 6.95. The topological polar surface area (TPSA) is 35.2 Å². The molecule has 0 aliphatic heterocycles. The Morgan fingerprint density at radius 3 is 2.80 bits per heavy atom. The molecule has 0 aliphatic rings. The van der Waals surface area contributed by atoms with Crippen molar-refractivity contribution >= 4 is 31.9 Å². The van der Waals surface area contributed by atoms with E-state index in [4.69, 9.17) is 10.5 Å². The maximum absolute atomic E-state index is 6.10. The summed E-state index contributed by atoms with van der Waals surface area (Å²) in [6.07, 6.45) is 1.92. The number of nitrogens with two attached hydrogens (primary N) is 1. The van der Waals surface area contributed by atoms with Gasteiger partial charge in [-0.25, -0.2) is 0 Å². The van der Waals surface area contributed by atoms with Gasteiger partial charge in [-0.05, 0) is 36.6 Å². The summed E-state index contributed by atoms with van der Waals surface area (Å²) in [6.45, 7) is 0.763. The van der Waals surface area contributed by atoms with Crippen LogP contribution in [0.2, 0.25) is 0 Å². The molecule has 2 N–H and O–H groups in total. The van der Waals surface area contributed by atoms with Gasteiger partial charge < -0.3 is 10.5 Å². The van der Waals surface area contributed by atoms with Crippen LogP contribution in [0.4, 0.5) is 0 Å². The molecule has 1 unspecified atom stereocenters. The van der Waals surface area contributed by atoms with Crippen LogP contribution in [0.15, 0.2) is 27.1 Å². The lowest BCUT2D eigenvalue weighted by molar-refractivity contribution is 0.190. The average Bonchev–Trinajstić information content (AvgIpc) is 2.22. The van der Waals surface area contributed by atoms with Gasteiger partial charge in [0.15, 0.2) is 0 Å². The van der Waals surface area contributed by atoms with Crippen molar-refractivity contribution in [3.63, 3.8) is 0 Å². The Kier molecular flexibility index (Phi) is 5.82. The zero-order valence-electron chi connectivity index (χ0n) is 8.67. The van der Waals surface area contributed by atoms with Gasteiger partial charge in [-0.3, -0.25) is 0 Å². The first-order chi connectivity index (χ1) is 7.15. The number of hydrogen-bond acceptors (Lipinski definition) is 2. The Morgan fingerprint density at radius 1 is 1.40 bits per heavy atom. The van der Waals surface area contributed by atoms with E-state index in [9.17, 15) is 0 Å². The minimum Gasteiger partial charge on any atom is -0.385 e. The second-order valence-corrected chi connectivity index (χ2v) is 5.18. The van der Waals surface area contributed by atoms with Gasteiger partial charge in [0, 0.05) is 28.7 Å². The smallest absolute Gasteiger partial charge is 0.0462 e. The molecule has 0 saturated carbocycles. The van der Waals surface area contributed by atoms with Crippen LogP contribution in [-0.2, 0) is 4.74 Å². The molecule has 15 heavy (non-hydrogen) atoms. The van der Waals surface area contributed by atoms with Crippen molar-refractivity contribution in [2.24, 2.45) is 5.73 Å². The maximum atomic E-state index is 6.10. The van der Waals surface area contributed by atoms with Crippen molar-refractivity contribution < 1.29 is 4.74 Å². The van der Waals surface area contributed by atoms with E-state index in [1.165, 1.54) is 0 Å². The van der Waals surface area contributed by atoms with Crippen LogP contribution in [-0.4, -0.2) is 13.7 Å². The second-order valence-electron chi connectivity index (χ2n) is 3.41. The molecule has 0 spiro atoms. The Balaban J connectivity index is 2.64. The third-order valence-electron chi connectivity index (χ3n) is 2.22. The molecule has 0 amide bonds. The molecular weight excluding hydrogens is 322 g/mol. The highest BCUT2D eigenvalue weighted by Crippen LogP contribution is 2.27. The molecule has 0 radical (unpaired) electrons. The number of benzene rings is 1.